The van der Waals surface area contributed by atoms with Gasteiger partial charge >= 0.3 is 0 Å². The standard InChI is InChI=1S/C18H30N2/c1-14(2)17-9-5-6-10-18(17)19-16-8-7-12-20(13-11-16)15(3)4/h5-6,9-10,14-16,19H,7-8,11-13H2,1-4H3. The molecule has 1 aromatic rings. The van der Waals surface area contributed by atoms with Gasteiger partial charge in [-0.25, -0.2) is 0 Å². The molecule has 0 aliphatic carbocycles. The van der Waals surface area contributed by atoms with Crippen LogP contribution < -0.4 is 5.32 Å². The zero-order valence-electron chi connectivity index (χ0n) is 13.5. The van der Waals surface area contributed by atoms with Gasteiger partial charge in [0, 0.05) is 24.3 Å². The Morgan fingerprint density at radius 1 is 1.05 bits per heavy atom. The van der Waals surface area contributed by atoms with Crippen molar-refractivity contribution < 1.29 is 0 Å². The molecule has 0 spiro atoms. The molecule has 1 fully saturated rings. The van der Waals surface area contributed by atoms with E-state index in [1.165, 1.54) is 43.6 Å². The Bertz CT molecular complexity index is 412. The molecule has 1 aromatic carbocycles. The third kappa shape index (κ3) is 3.99. The lowest BCUT2D eigenvalue weighted by atomic mass is 10.00. The molecular weight excluding hydrogens is 244 g/mol. The van der Waals surface area contributed by atoms with Crippen molar-refractivity contribution in [2.45, 2.75) is 65.0 Å². The van der Waals surface area contributed by atoms with Crippen molar-refractivity contribution in [3.05, 3.63) is 29.8 Å². The van der Waals surface area contributed by atoms with E-state index in [9.17, 15) is 0 Å². The zero-order valence-corrected chi connectivity index (χ0v) is 13.5. The highest BCUT2D eigenvalue weighted by Gasteiger charge is 2.19. The molecule has 2 heteroatoms. The largest absolute Gasteiger partial charge is 0.382 e. The first-order chi connectivity index (χ1) is 9.58. The van der Waals surface area contributed by atoms with E-state index in [1.807, 2.05) is 0 Å². The van der Waals surface area contributed by atoms with Crippen LogP contribution in [-0.4, -0.2) is 30.1 Å². The molecule has 2 nitrogen and oxygen atoms in total. The lowest BCUT2D eigenvalue weighted by Crippen LogP contribution is -2.32. The van der Waals surface area contributed by atoms with Crippen LogP contribution in [0.4, 0.5) is 5.69 Å². The first kappa shape index (κ1) is 15.4. The lowest BCUT2D eigenvalue weighted by molar-refractivity contribution is 0.230. The first-order valence-corrected chi connectivity index (χ1v) is 8.17. The molecule has 0 aromatic heterocycles. The van der Waals surface area contributed by atoms with E-state index in [-0.39, 0.29) is 0 Å². The number of benzene rings is 1. The van der Waals surface area contributed by atoms with Gasteiger partial charge in [0.05, 0.1) is 0 Å². The van der Waals surface area contributed by atoms with Gasteiger partial charge in [-0.05, 0) is 57.2 Å². The molecule has 1 N–H and O–H groups in total. The van der Waals surface area contributed by atoms with Crippen LogP contribution in [0.5, 0.6) is 0 Å². The Morgan fingerprint density at radius 3 is 2.50 bits per heavy atom. The van der Waals surface area contributed by atoms with Gasteiger partial charge < -0.3 is 10.2 Å². The highest BCUT2D eigenvalue weighted by atomic mass is 15.1. The number of para-hydroxylation sites is 1. The monoisotopic (exact) mass is 274 g/mol. The molecule has 1 heterocycles. The highest BCUT2D eigenvalue weighted by molar-refractivity contribution is 5.53. The maximum Gasteiger partial charge on any atom is 0.0377 e. The molecule has 1 atom stereocenters. The van der Waals surface area contributed by atoms with Crippen molar-refractivity contribution in [2.75, 3.05) is 18.4 Å². The molecule has 2 rings (SSSR count). The molecule has 0 saturated carbocycles. The van der Waals surface area contributed by atoms with E-state index in [0.717, 1.165) is 0 Å². The number of anilines is 1. The average molecular weight is 274 g/mol. The van der Waals surface area contributed by atoms with Crippen LogP contribution in [0.1, 0.15) is 58.4 Å². The van der Waals surface area contributed by atoms with Crippen LogP contribution in [0.3, 0.4) is 0 Å². The summed E-state index contributed by atoms with van der Waals surface area (Å²) in [5.74, 6) is 0.580. The second-order valence-electron chi connectivity index (χ2n) is 6.64. The molecule has 1 unspecified atom stereocenters. The van der Waals surface area contributed by atoms with E-state index in [1.54, 1.807) is 0 Å². The second kappa shape index (κ2) is 7.12. The summed E-state index contributed by atoms with van der Waals surface area (Å²) in [6, 6.07) is 10.1. The molecule has 0 radical (unpaired) electrons. The Hall–Kier alpha value is -1.02. The summed E-state index contributed by atoms with van der Waals surface area (Å²) >= 11 is 0. The van der Waals surface area contributed by atoms with Crippen LogP contribution in [0.2, 0.25) is 0 Å². The fourth-order valence-electron chi connectivity index (χ4n) is 3.13. The highest BCUT2D eigenvalue weighted by Crippen LogP contribution is 2.26. The number of nitrogens with zero attached hydrogens (tertiary/aromatic N) is 1. The summed E-state index contributed by atoms with van der Waals surface area (Å²) in [4.78, 5) is 2.61. The van der Waals surface area contributed by atoms with E-state index in [4.69, 9.17) is 0 Å². The van der Waals surface area contributed by atoms with E-state index in [2.05, 4.69) is 62.2 Å². The summed E-state index contributed by atoms with van der Waals surface area (Å²) in [6.45, 7) is 11.6. The number of likely N-dealkylation sites (tertiary alicyclic amines) is 1. The molecule has 0 bridgehead atoms. The minimum atomic E-state index is 0.580. The van der Waals surface area contributed by atoms with Crippen molar-refractivity contribution in [3.63, 3.8) is 0 Å². The minimum Gasteiger partial charge on any atom is -0.382 e. The van der Waals surface area contributed by atoms with Crippen molar-refractivity contribution in [1.82, 2.24) is 4.90 Å². The van der Waals surface area contributed by atoms with Crippen molar-refractivity contribution in [1.29, 1.82) is 0 Å². The smallest absolute Gasteiger partial charge is 0.0377 e. The van der Waals surface area contributed by atoms with Gasteiger partial charge in [0.25, 0.3) is 0 Å². The zero-order chi connectivity index (χ0) is 14.5. The molecule has 112 valence electrons. The third-order valence-corrected chi connectivity index (χ3v) is 4.44. The molecule has 20 heavy (non-hydrogen) atoms. The predicted molar refractivity (Wildman–Crippen MR) is 88.5 cm³/mol. The van der Waals surface area contributed by atoms with Crippen molar-refractivity contribution in [3.8, 4) is 0 Å². The summed E-state index contributed by atoms with van der Waals surface area (Å²) in [7, 11) is 0. The number of rotatable bonds is 4. The molecule has 1 aliphatic heterocycles. The predicted octanol–water partition coefficient (Wildman–Crippen LogP) is 4.48. The van der Waals surface area contributed by atoms with Crippen molar-refractivity contribution >= 4 is 5.69 Å². The van der Waals surface area contributed by atoms with Gasteiger partial charge in [0.15, 0.2) is 0 Å². The van der Waals surface area contributed by atoms with Gasteiger partial charge in [-0.15, -0.1) is 0 Å². The van der Waals surface area contributed by atoms with E-state index < -0.39 is 0 Å². The van der Waals surface area contributed by atoms with Gasteiger partial charge in [0.1, 0.15) is 0 Å². The Morgan fingerprint density at radius 2 is 1.80 bits per heavy atom. The maximum atomic E-state index is 3.80. The van der Waals surface area contributed by atoms with E-state index in [0.29, 0.717) is 18.0 Å². The van der Waals surface area contributed by atoms with Crippen LogP contribution in [0.15, 0.2) is 24.3 Å². The Kier molecular flexibility index (Phi) is 5.47. The van der Waals surface area contributed by atoms with Crippen LogP contribution in [0, 0.1) is 0 Å². The Labute approximate surface area is 124 Å². The number of nitrogens with one attached hydrogen (secondary N) is 1. The third-order valence-electron chi connectivity index (χ3n) is 4.44. The van der Waals surface area contributed by atoms with Crippen molar-refractivity contribution in [2.24, 2.45) is 0 Å². The van der Waals surface area contributed by atoms with Crippen LogP contribution in [-0.2, 0) is 0 Å². The topological polar surface area (TPSA) is 15.3 Å². The van der Waals surface area contributed by atoms with Crippen LogP contribution in [0.25, 0.3) is 0 Å². The van der Waals surface area contributed by atoms with Gasteiger partial charge in [-0.1, -0.05) is 32.0 Å². The molecule has 0 amide bonds. The number of hydrogen-bond acceptors (Lipinski definition) is 2. The minimum absolute atomic E-state index is 0.580. The normalized spacial score (nSPS) is 21.2. The SMILES string of the molecule is CC(C)c1ccccc1NC1CCCN(C(C)C)CC1. The maximum absolute atomic E-state index is 3.80. The quantitative estimate of drug-likeness (QED) is 0.870. The molecule has 1 saturated heterocycles. The lowest BCUT2D eigenvalue weighted by Gasteiger charge is -2.25. The van der Waals surface area contributed by atoms with Gasteiger partial charge in [0.2, 0.25) is 0 Å². The number of hydrogen-bond donors (Lipinski definition) is 1. The molecule has 1 aliphatic rings. The second-order valence-corrected chi connectivity index (χ2v) is 6.64. The van der Waals surface area contributed by atoms with Gasteiger partial charge in [-0.2, -0.15) is 0 Å². The Balaban J connectivity index is 2.00. The fourth-order valence-corrected chi connectivity index (χ4v) is 3.13. The molecular formula is C18H30N2. The van der Waals surface area contributed by atoms with Gasteiger partial charge in [-0.3, -0.25) is 0 Å². The summed E-state index contributed by atoms with van der Waals surface area (Å²) < 4.78 is 0. The summed E-state index contributed by atoms with van der Waals surface area (Å²) in [5, 5.41) is 3.80. The van der Waals surface area contributed by atoms with Crippen LogP contribution >= 0.6 is 0 Å². The summed E-state index contributed by atoms with van der Waals surface area (Å²) in [6.07, 6.45) is 3.85. The fraction of sp³-hybridized carbons (Fsp3) is 0.667. The summed E-state index contributed by atoms with van der Waals surface area (Å²) in [5.41, 5.74) is 2.78. The first-order valence-electron chi connectivity index (χ1n) is 8.17. The van der Waals surface area contributed by atoms with E-state index >= 15 is 0 Å². The average Bonchev–Trinajstić information content (AvgIpc) is 2.65.